The molecular weight excluding hydrogens is 443 g/mol. The van der Waals surface area contributed by atoms with Crippen LogP contribution in [0.15, 0.2) is 30.3 Å². The van der Waals surface area contributed by atoms with Crippen LogP contribution in [0, 0.1) is 5.92 Å². The van der Waals surface area contributed by atoms with Gasteiger partial charge in [-0.15, -0.1) is 0 Å². The van der Waals surface area contributed by atoms with E-state index < -0.39 is 14.8 Å². The van der Waals surface area contributed by atoms with Crippen molar-refractivity contribution in [2.75, 3.05) is 0 Å². The highest BCUT2D eigenvalue weighted by Gasteiger charge is 2.36. The molecule has 0 heterocycles. The minimum Gasteiger partial charge on any atom is -0.612 e. The summed E-state index contributed by atoms with van der Waals surface area (Å²) in [5.41, 5.74) is 7.17. The molecule has 1 aliphatic carbocycles. The summed E-state index contributed by atoms with van der Waals surface area (Å²) in [6.45, 7) is 13.8. The van der Waals surface area contributed by atoms with E-state index in [2.05, 4.69) is 71.9 Å². The highest BCUT2D eigenvalue weighted by molar-refractivity contribution is 6.46. The lowest BCUT2D eigenvalue weighted by Crippen LogP contribution is -2.32. The number of hydrogen-bond acceptors (Lipinski definition) is 2. The second kappa shape index (κ2) is 14.3. The first-order valence-electron chi connectivity index (χ1n) is 14.6. The van der Waals surface area contributed by atoms with Crippen molar-refractivity contribution in [2.24, 2.45) is 5.92 Å². The zero-order valence-electron chi connectivity index (χ0n) is 23.4. The van der Waals surface area contributed by atoms with Crippen LogP contribution in [0.2, 0.25) is 5.28 Å². The Morgan fingerprint density at radius 3 is 2.14 bits per heavy atom. The summed E-state index contributed by atoms with van der Waals surface area (Å²) in [5, 5.41) is 0.965. The van der Waals surface area contributed by atoms with Crippen LogP contribution in [0.4, 0.5) is 0 Å². The van der Waals surface area contributed by atoms with Crippen molar-refractivity contribution in [3.8, 4) is 11.5 Å². The highest BCUT2D eigenvalue weighted by atomic mass is 27.2. The quantitative estimate of drug-likeness (QED) is 0.231. The molecular formula is C32H49AlO2. The van der Waals surface area contributed by atoms with Crippen LogP contribution in [0.3, 0.4) is 0 Å². The monoisotopic (exact) mass is 492 g/mol. The van der Waals surface area contributed by atoms with E-state index in [1.165, 1.54) is 79.2 Å². The van der Waals surface area contributed by atoms with E-state index in [0.29, 0.717) is 11.8 Å². The smallest absolute Gasteiger partial charge is 0.612 e. The van der Waals surface area contributed by atoms with Gasteiger partial charge in [-0.1, -0.05) is 91.5 Å². The predicted molar refractivity (Wildman–Crippen MR) is 152 cm³/mol. The molecule has 3 rings (SSSR count). The first-order chi connectivity index (χ1) is 17.0. The van der Waals surface area contributed by atoms with Crippen LogP contribution in [0.1, 0.15) is 120 Å². The largest absolute Gasteiger partial charge is 0.856 e. The lowest BCUT2D eigenvalue weighted by atomic mass is 9.75. The van der Waals surface area contributed by atoms with Gasteiger partial charge in [-0.05, 0) is 95.9 Å². The molecule has 0 aliphatic heterocycles. The van der Waals surface area contributed by atoms with E-state index in [-0.39, 0.29) is 0 Å². The van der Waals surface area contributed by atoms with Gasteiger partial charge in [0.25, 0.3) is 0 Å². The number of benzene rings is 2. The van der Waals surface area contributed by atoms with E-state index in [1.54, 1.807) is 0 Å². The Balaban J connectivity index is 1.85. The average molecular weight is 493 g/mol. The van der Waals surface area contributed by atoms with Gasteiger partial charge in [0.2, 0.25) is 0 Å². The van der Waals surface area contributed by atoms with Crippen LogP contribution >= 0.6 is 0 Å². The number of aryl methyl sites for hydroxylation is 3. The molecule has 0 aromatic heterocycles. The summed E-state index contributed by atoms with van der Waals surface area (Å²) in [5.74, 6) is 3.49. The second-order valence-electron chi connectivity index (χ2n) is 10.7. The van der Waals surface area contributed by atoms with E-state index in [4.69, 9.17) is 7.58 Å². The summed E-state index contributed by atoms with van der Waals surface area (Å²) < 4.78 is 13.6. The molecule has 0 fully saturated rings. The standard InChI is InChI=1S/C16H24O.C14H22O.C2H5.Al/c1-4-6-7-12-8-14-10-13(5-2)11(3)15(9-12)16(14)17;1-3-5-7-12-9-10-14(15)13(11-12)8-6-4-2;1-2;/h8-9,11,13,17H,4-7,10H2,1-3H3;9-11,15H,3-8H2,1-2H3;1H2,2H3;/q;;;+2/p-2. The molecule has 0 saturated carbocycles. The molecule has 0 amide bonds. The van der Waals surface area contributed by atoms with E-state index >= 15 is 0 Å². The van der Waals surface area contributed by atoms with Gasteiger partial charge in [-0.3, -0.25) is 0 Å². The van der Waals surface area contributed by atoms with E-state index in [9.17, 15) is 0 Å². The van der Waals surface area contributed by atoms with E-state index in [1.807, 2.05) is 0 Å². The Labute approximate surface area is 220 Å². The predicted octanol–water partition coefficient (Wildman–Crippen LogP) is 9.37. The van der Waals surface area contributed by atoms with Gasteiger partial charge >= 0.3 is 14.8 Å². The number of fused-ring (bicyclic) bond motifs is 2. The number of unbranched alkanes of at least 4 members (excludes halogenated alkanes) is 3. The highest BCUT2D eigenvalue weighted by Crippen LogP contribution is 2.44. The topological polar surface area (TPSA) is 18.5 Å². The third-order valence-electron chi connectivity index (χ3n) is 7.86. The third-order valence-corrected chi connectivity index (χ3v) is 9.54. The summed E-state index contributed by atoms with van der Waals surface area (Å²) in [6.07, 6.45) is 13.2. The zero-order valence-corrected chi connectivity index (χ0v) is 24.6. The molecule has 0 N–H and O–H groups in total. The fourth-order valence-electron chi connectivity index (χ4n) is 5.46. The van der Waals surface area contributed by atoms with Crippen molar-refractivity contribution < 1.29 is 7.58 Å². The third kappa shape index (κ3) is 7.53. The van der Waals surface area contributed by atoms with E-state index in [0.717, 1.165) is 36.0 Å². The van der Waals surface area contributed by atoms with Crippen molar-refractivity contribution in [3.63, 3.8) is 0 Å². The Morgan fingerprint density at radius 2 is 1.49 bits per heavy atom. The maximum Gasteiger partial charge on any atom is 0.856 e. The molecule has 2 unspecified atom stereocenters. The maximum atomic E-state index is 6.87. The lowest BCUT2D eigenvalue weighted by Gasteiger charge is -2.34. The van der Waals surface area contributed by atoms with Crippen LogP contribution in [-0.2, 0) is 25.7 Å². The molecule has 2 aromatic carbocycles. The average Bonchev–Trinajstić information content (AvgIpc) is 2.87. The molecule has 192 valence electrons. The molecule has 1 aliphatic rings. The maximum absolute atomic E-state index is 6.87. The van der Waals surface area contributed by atoms with Crippen LogP contribution < -0.4 is 7.58 Å². The molecule has 0 spiro atoms. The summed E-state index contributed by atoms with van der Waals surface area (Å²) in [4.78, 5) is 0. The van der Waals surface area contributed by atoms with Crippen molar-refractivity contribution >= 4 is 14.8 Å². The molecule has 3 heteroatoms. The molecule has 2 atom stereocenters. The lowest BCUT2D eigenvalue weighted by molar-refractivity contribution is 0.368. The fourth-order valence-corrected chi connectivity index (χ4v) is 6.91. The minimum atomic E-state index is -1.90. The Kier molecular flexibility index (Phi) is 11.5. The van der Waals surface area contributed by atoms with Gasteiger partial charge in [0, 0.05) is 0 Å². The Bertz CT molecular complexity index is 922. The van der Waals surface area contributed by atoms with Crippen LogP contribution in [0.5, 0.6) is 11.5 Å². The van der Waals surface area contributed by atoms with Crippen molar-refractivity contribution in [2.45, 2.75) is 123 Å². The SMILES string of the molecule is CCCCc1ccc([O][Al]([CH2]C)[O]c2c3cc(CCCC)cc2C(C)C(CC)C3)c(CCCC)c1. The molecule has 0 radical (unpaired) electrons. The molecule has 2 aromatic rings. The number of rotatable bonds is 15. The molecule has 0 saturated heterocycles. The number of hydrogen-bond donors (Lipinski definition) is 0. The molecule has 2 nitrogen and oxygen atoms in total. The second-order valence-corrected chi connectivity index (χ2v) is 12.8. The van der Waals surface area contributed by atoms with Gasteiger partial charge in [0.1, 0.15) is 0 Å². The fraction of sp³-hybridized carbons (Fsp3) is 0.625. The molecule has 35 heavy (non-hydrogen) atoms. The Morgan fingerprint density at radius 1 is 0.800 bits per heavy atom. The molecule has 2 bridgehead atoms. The summed E-state index contributed by atoms with van der Waals surface area (Å²) in [6, 6.07) is 11.8. The van der Waals surface area contributed by atoms with Crippen LogP contribution in [0.25, 0.3) is 0 Å². The first-order valence-corrected chi connectivity index (χ1v) is 16.4. The van der Waals surface area contributed by atoms with Crippen molar-refractivity contribution in [1.82, 2.24) is 0 Å². The Hall–Kier alpha value is -1.43. The van der Waals surface area contributed by atoms with Gasteiger partial charge < -0.3 is 7.58 Å². The minimum absolute atomic E-state index is 0.550. The zero-order chi connectivity index (χ0) is 25.2. The van der Waals surface area contributed by atoms with Gasteiger partial charge in [0.15, 0.2) is 0 Å². The summed E-state index contributed by atoms with van der Waals surface area (Å²) >= 11 is -1.90. The van der Waals surface area contributed by atoms with Gasteiger partial charge in [-0.2, -0.15) is 0 Å². The first kappa shape index (κ1) is 28.1. The summed E-state index contributed by atoms with van der Waals surface area (Å²) in [7, 11) is 0. The van der Waals surface area contributed by atoms with Crippen LogP contribution in [-0.4, -0.2) is 14.8 Å². The normalized spacial score (nSPS) is 16.9. The van der Waals surface area contributed by atoms with Gasteiger partial charge in [0.05, 0.1) is 11.5 Å². The van der Waals surface area contributed by atoms with Crippen molar-refractivity contribution in [3.05, 3.63) is 58.1 Å². The van der Waals surface area contributed by atoms with Gasteiger partial charge in [-0.25, -0.2) is 0 Å². The van der Waals surface area contributed by atoms with Crippen molar-refractivity contribution in [1.29, 1.82) is 0 Å².